The van der Waals surface area contributed by atoms with Crippen molar-refractivity contribution in [1.82, 2.24) is 20.2 Å². The zero-order valence-corrected chi connectivity index (χ0v) is 10.9. The van der Waals surface area contributed by atoms with E-state index >= 15 is 0 Å². The number of nitrogens with one attached hydrogen (secondary N) is 1. The first-order valence-corrected chi connectivity index (χ1v) is 6.64. The molecule has 1 aromatic heterocycles. The van der Waals surface area contributed by atoms with E-state index in [2.05, 4.69) is 20.8 Å². The van der Waals surface area contributed by atoms with E-state index in [0.717, 1.165) is 30.6 Å². The maximum atomic E-state index is 12.1. The second-order valence-electron chi connectivity index (χ2n) is 4.99. The molecule has 2 unspecified atom stereocenters. The Labute approximate surface area is 116 Å². The molecule has 104 valence electrons. The fraction of sp³-hybridized carbons (Fsp3) is 0.385. The van der Waals surface area contributed by atoms with Crippen LogP contribution >= 0.6 is 0 Å². The minimum absolute atomic E-state index is 0.00479. The molecule has 1 amide bonds. The highest BCUT2D eigenvalue weighted by Gasteiger charge is 2.30. The number of hydrogen-bond donors (Lipinski definition) is 2. The van der Waals surface area contributed by atoms with Gasteiger partial charge >= 0.3 is 0 Å². The molecule has 1 fully saturated rings. The van der Waals surface area contributed by atoms with Crippen LogP contribution in [0.3, 0.4) is 0 Å². The quantitative estimate of drug-likeness (QED) is 0.858. The van der Waals surface area contributed by atoms with E-state index < -0.39 is 0 Å². The lowest BCUT2D eigenvalue weighted by Gasteiger charge is -2.15. The predicted molar refractivity (Wildman–Crippen MR) is 73.1 cm³/mol. The first-order chi connectivity index (χ1) is 9.74. The summed E-state index contributed by atoms with van der Waals surface area (Å²) < 4.78 is 1.55. The maximum Gasteiger partial charge on any atom is 0.229 e. The van der Waals surface area contributed by atoms with Gasteiger partial charge in [-0.3, -0.25) is 4.79 Å². The van der Waals surface area contributed by atoms with Crippen LogP contribution in [0.1, 0.15) is 19.3 Å². The lowest BCUT2D eigenvalue weighted by Crippen LogP contribution is -2.34. The highest BCUT2D eigenvalue weighted by molar-refractivity contribution is 5.93. The Balaban J connectivity index is 1.68. The van der Waals surface area contributed by atoms with Crippen LogP contribution in [0.4, 0.5) is 5.69 Å². The lowest BCUT2D eigenvalue weighted by atomic mass is 10.0. The van der Waals surface area contributed by atoms with Crippen LogP contribution in [0.15, 0.2) is 30.6 Å². The summed E-state index contributed by atoms with van der Waals surface area (Å²) in [5.41, 5.74) is 7.53. The van der Waals surface area contributed by atoms with E-state index in [1.807, 2.05) is 24.3 Å². The summed E-state index contributed by atoms with van der Waals surface area (Å²) in [5, 5.41) is 13.9. The SMILES string of the molecule is NC1CCCC1C(=O)Nc1ccc(-n2cnnn2)cc1. The third kappa shape index (κ3) is 2.53. The predicted octanol–water partition coefficient (Wildman–Crippen LogP) is 0.728. The Morgan fingerprint density at radius 2 is 2.10 bits per heavy atom. The van der Waals surface area contributed by atoms with Gasteiger partial charge in [-0.15, -0.1) is 5.10 Å². The van der Waals surface area contributed by atoms with Gasteiger partial charge in [-0.25, -0.2) is 4.68 Å². The molecule has 1 aliphatic rings. The summed E-state index contributed by atoms with van der Waals surface area (Å²) in [5.74, 6) is -0.0700. The molecule has 2 aromatic rings. The van der Waals surface area contributed by atoms with Gasteiger partial charge < -0.3 is 11.1 Å². The van der Waals surface area contributed by atoms with Crippen molar-refractivity contribution >= 4 is 11.6 Å². The van der Waals surface area contributed by atoms with Gasteiger partial charge in [0.1, 0.15) is 6.33 Å². The number of carbonyl (C=O) groups excluding carboxylic acids is 1. The molecule has 0 saturated heterocycles. The number of nitrogens with zero attached hydrogens (tertiary/aromatic N) is 4. The van der Waals surface area contributed by atoms with E-state index in [1.54, 1.807) is 4.68 Å². The first kappa shape index (κ1) is 12.7. The Morgan fingerprint density at radius 3 is 2.70 bits per heavy atom. The molecule has 1 aromatic carbocycles. The molecule has 0 spiro atoms. The third-order valence-corrected chi connectivity index (χ3v) is 3.65. The number of tetrazole rings is 1. The minimum Gasteiger partial charge on any atom is -0.327 e. The fourth-order valence-electron chi connectivity index (χ4n) is 2.53. The Hall–Kier alpha value is -2.28. The fourth-order valence-corrected chi connectivity index (χ4v) is 2.53. The Morgan fingerprint density at radius 1 is 1.30 bits per heavy atom. The number of amides is 1. The van der Waals surface area contributed by atoms with Crippen molar-refractivity contribution in [3.63, 3.8) is 0 Å². The zero-order chi connectivity index (χ0) is 13.9. The second-order valence-corrected chi connectivity index (χ2v) is 4.99. The summed E-state index contributed by atoms with van der Waals surface area (Å²) in [4.78, 5) is 12.1. The molecule has 3 rings (SSSR count). The van der Waals surface area contributed by atoms with Gasteiger partial charge in [-0.1, -0.05) is 6.42 Å². The van der Waals surface area contributed by atoms with E-state index in [9.17, 15) is 4.79 Å². The van der Waals surface area contributed by atoms with Gasteiger partial charge in [0.15, 0.2) is 0 Å². The number of hydrogen-bond acceptors (Lipinski definition) is 5. The van der Waals surface area contributed by atoms with E-state index in [0.29, 0.717) is 0 Å². The molecule has 0 radical (unpaired) electrons. The van der Waals surface area contributed by atoms with Crippen molar-refractivity contribution in [1.29, 1.82) is 0 Å². The van der Waals surface area contributed by atoms with Crippen LogP contribution in [0.5, 0.6) is 0 Å². The van der Waals surface area contributed by atoms with Crippen LogP contribution in [-0.2, 0) is 4.79 Å². The molecule has 1 saturated carbocycles. The molecule has 0 aliphatic heterocycles. The van der Waals surface area contributed by atoms with Gasteiger partial charge in [-0.05, 0) is 47.5 Å². The number of carbonyl (C=O) groups is 1. The molecular weight excluding hydrogens is 256 g/mol. The van der Waals surface area contributed by atoms with Gasteiger partial charge in [0.25, 0.3) is 0 Å². The van der Waals surface area contributed by atoms with Crippen molar-refractivity contribution < 1.29 is 4.79 Å². The summed E-state index contributed by atoms with van der Waals surface area (Å²) in [6.07, 6.45) is 4.34. The van der Waals surface area contributed by atoms with Gasteiger partial charge in [0.2, 0.25) is 5.91 Å². The highest BCUT2D eigenvalue weighted by atomic mass is 16.1. The van der Waals surface area contributed by atoms with Crippen LogP contribution in [0.25, 0.3) is 5.69 Å². The van der Waals surface area contributed by atoms with Crippen molar-refractivity contribution in [2.75, 3.05) is 5.32 Å². The van der Waals surface area contributed by atoms with Gasteiger partial charge in [0.05, 0.1) is 11.6 Å². The van der Waals surface area contributed by atoms with Crippen molar-refractivity contribution in [3.05, 3.63) is 30.6 Å². The molecular formula is C13H16N6O. The number of aromatic nitrogens is 4. The monoisotopic (exact) mass is 272 g/mol. The standard InChI is InChI=1S/C13H16N6O/c14-12-3-1-2-11(12)13(20)16-9-4-6-10(7-5-9)19-8-15-17-18-19/h4-8,11-12H,1-3,14H2,(H,16,20). The summed E-state index contributed by atoms with van der Waals surface area (Å²) in [6.45, 7) is 0. The second kappa shape index (κ2) is 5.38. The van der Waals surface area contributed by atoms with Crippen molar-refractivity contribution in [2.45, 2.75) is 25.3 Å². The van der Waals surface area contributed by atoms with Crippen LogP contribution < -0.4 is 11.1 Å². The molecule has 0 bridgehead atoms. The van der Waals surface area contributed by atoms with Crippen LogP contribution in [0, 0.1) is 5.92 Å². The average molecular weight is 272 g/mol. The largest absolute Gasteiger partial charge is 0.327 e. The smallest absolute Gasteiger partial charge is 0.229 e. The van der Waals surface area contributed by atoms with E-state index in [1.165, 1.54) is 6.33 Å². The van der Waals surface area contributed by atoms with Gasteiger partial charge in [0, 0.05) is 11.7 Å². The summed E-state index contributed by atoms with van der Waals surface area (Å²) in [6, 6.07) is 7.33. The highest BCUT2D eigenvalue weighted by Crippen LogP contribution is 2.25. The van der Waals surface area contributed by atoms with Crippen molar-refractivity contribution in [3.8, 4) is 5.69 Å². The summed E-state index contributed by atoms with van der Waals surface area (Å²) in [7, 11) is 0. The Kier molecular flexibility index (Phi) is 3.42. The zero-order valence-electron chi connectivity index (χ0n) is 10.9. The molecule has 2 atom stereocenters. The normalized spacial score (nSPS) is 21.9. The molecule has 7 nitrogen and oxygen atoms in total. The number of rotatable bonds is 3. The number of anilines is 1. The summed E-state index contributed by atoms with van der Waals surface area (Å²) >= 11 is 0. The molecule has 7 heteroatoms. The van der Waals surface area contributed by atoms with E-state index in [4.69, 9.17) is 5.73 Å². The molecule has 20 heavy (non-hydrogen) atoms. The molecule has 3 N–H and O–H groups in total. The number of benzene rings is 1. The molecule has 1 heterocycles. The van der Waals surface area contributed by atoms with Crippen LogP contribution in [0.2, 0.25) is 0 Å². The topological polar surface area (TPSA) is 98.7 Å². The van der Waals surface area contributed by atoms with Crippen LogP contribution in [-0.4, -0.2) is 32.2 Å². The van der Waals surface area contributed by atoms with Gasteiger partial charge in [-0.2, -0.15) is 0 Å². The lowest BCUT2D eigenvalue weighted by molar-refractivity contribution is -0.120. The maximum absolute atomic E-state index is 12.1. The van der Waals surface area contributed by atoms with Crippen molar-refractivity contribution in [2.24, 2.45) is 11.7 Å². The number of nitrogens with two attached hydrogens (primary N) is 1. The minimum atomic E-state index is -0.0748. The first-order valence-electron chi connectivity index (χ1n) is 6.64. The average Bonchev–Trinajstić information content (AvgIpc) is 3.10. The molecule has 1 aliphatic carbocycles. The third-order valence-electron chi connectivity index (χ3n) is 3.65. The van der Waals surface area contributed by atoms with E-state index in [-0.39, 0.29) is 17.9 Å². The Bertz CT molecular complexity index is 579.